The number of hydrogen-bond acceptors (Lipinski definition) is 6. The predicted molar refractivity (Wildman–Crippen MR) is 116 cm³/mol. The fraction of sp³-hybridized carbons (Fsp3) is 0.318. The summed E-state index contributed by atoms with van der Waals surface area (Å²) in [5, 5.41) is 9.61. The number of rotatable bonds is 6. The molecular weight excluding hydrogens is 416 g/mol. The maximum Gasteiger partial charge on any atom is 0.246 e. The lowest BCUT2D eigenvalue weighted by molar-refractivity contribution is 0.181. The van der Waals surface area contributed by atoms with Crippen molar-refractivity contribution in [2.45, 2.75) is 11.4 Å². The van der Waals surface area contributed by atoms with Crippen molar-refractivity contribution in [3.05, 3.63) is 59.9 Å². The average molecular weight is 441 g/mol. The van der Waals surface area contributed by atoms with Crippen LogP contribution in [0.25, 0.3) is 5.52 Å². The van der Waals surface area contributed by atoms with Crippen LogP contribution in [-0.4, -0.2) is 62.4 Å². The monoisotopic (exact) mass is 440 g/mol. The third kappa shape index (κ3) is 3.97. The van der Waals surface area contributed by atoms with E-state index in [9.17, 15) is 13.7 Å². The molecule has 0 aliphatic carbocycles. The first-order chi connectivity index (χ1) is 15.0. The van der Waals surface area contributed by atoms with Crippen molar-refractivity contribution in [1.29, 1.82) is 5.26 Å². The molecule has 4 rings (SSSR count). The van der Waals surface area contributed by atoms with E-state index in [2.05, 4.69) is 11.0 Å². The first-order valence-corrected chi connectivity index (χ1v) is 11.3. The van der Waals surface area contributed by atoms with Gasteiger partial charge in [0.15, 0.2) is 0 Å². The van der Waals surface area contributed by atoms with E-state index >= 15 is 0 Å². The van der Waals surface area contributed by atoms with Crippen LogP contribution in [0.5, 0.6) is 11.5 Å². The zero-order valence-corrected chi connectivity index (χ0v) is 18.3. The summed E-state index contributed by atoms with van der Waals surface area (Å²) in [6, 6.07) is 12.8. The van der Waals surface area contributed by atoms with Crippen LogP contribution in [0.4, 0.5) is 0 Å². The molecule has 0 unspecified atom stereocenters. The van der Waals surface area contributed by atoms with Gasteiger partial charge >= 0.3 is 0 Å². The van der Waals surface area contributed by atoms with Crippen molar-refractivity contribution in [2.24, 2.45) is 0 Å². The molecule has 0 N–H and O–H groups in total. The summed E-state index contributed by atoms with van der Waals surface area (Å²) in [7, 11) is -0.772. The zero-order chi connectivity index (χ0) is 22.0. The Bertz CT molecular complexity index is 1240. The lowest BCUT2D eigenvalue weighted by atomic mass is 10.1. The van der Waals surface area contributed by atoms with Gasteiger partial charge in [-0.1, -0.05) is 6.07 Å². The van der Waals surface area contributed by atoms with E-state index in [-0.39, 0.29) is 4.90 Å². The van der Waals surface area contributed by atoms with Gasteiger partial charge < -0.3 is 13.9 Å². The lowest BCUT2D eigenvalue weighted by Gasteiger charge is -2.34. The molecule has 1 aromatic carbocycles. The molecule has 2 aromatic heterocycles. The molecule has 0 bridgehead atoms. The van der Waals surface area contributed by atoms with Crippen LogP contribution in [0.3, 0.4) is 0 Å². The summed E-state index contributed by atoms with van der Waals surface area (Å²) in [6.45, 7) is 2.46. The molecule has 1 saturated heterocycles. The number of benzene rings is 1. The maximum atomic E-state index is 13.2. The van der Waals surface area contributed by atoms with E-state index in [1.165, 1.54) is 24.6 Å². The van der Waals surface area contributed by atoms with E-state index < -0.39 is 10.0 Å². The van der Waals surface area contributed by atoms with Crippen molar-refractivity contribution in [1.82, 2.24) is 13.6 Å². The van der Waals surface area contributed by atoms with Gasteiger partial charge in [0.05, 0.1) is 25.3 Å². The van der Waals surface area contributed by atoms with Crippen molar-refractivity contribution in [2.75, 3.05) is 40.4 Å². The number of sulfonamides is 1. The number of fused-ring (bicyclic) bond motifs is 1. The van der Waals surface area contributed by atoms with Crippen LogP contribution >= 0.6 is 0 Å². The largest absolute Gasteiger partial charge is 0.497 e. The molecule has 3 heterocycles. The average Bonchev–Trinajstić information content (AvgIpc) is 3.15. The fourth-order valence-electron chi connectivity index (χ4n) is 3.92. The highest BCUT2D eigenvalue weighted by molar-refractivity contribution is 7.89. The van der Waals surface area contributed by atoms with Gasteiger partial charge in [0.2, 0.25) is 10.0 Å². The topological polar surface area (TPSA) is 87.3 Å². The molecule has 0 saturated carbocycles. The number of nitrogens with zero attached hydrogens (tertiary/aromatic N) is 4. The second-order valence-electron chi connectivity index (χ2n) is 7.33. The number of aromatic nitrogens is 1. The van der Waals surface area contributed by atoms with Gasteiger partial charge in [-0.2, -0.15) is 9.57 Å². The van der Waals surface area contributed by atoms with Gasteiger partial charge in [-0.15, -0.1) is 0 Å². The normalized spacial score (nSPS) is 15.6. The van der Waals surface area contributed by atoms with Gasteiger partial charge in [-0.25, -0.2) is 8.42 Å². The summed E-state index contributed by atoms with van der Waals surface area (Å²) in [5.74, 6) is 0.755. The smallest absolute Gasteiger partial charge is 0.246 e. The van der Waals surface area contributed by atoms with Crippen LogP contribution in [-0.2, 0) is 16.6 Å². The number of pyridine rings is 1. The quantitative estimate of drug-likeness (QED) is 0.585. The Balaban J connectivity index is 1.50. The molecule has 1 fully saturated rings. The molecule has 1 aliphatic heterocycles. The van der Waals surface area contributed by atoms with Crippen molar-refractivity contribution >= 4 is 15.5 Å². The van der Waals surface area contributed by atoms with E-state index in [0.717, 1.165) is 11.1 Å². The molecule has 8 nitrogen and oxygen atoms in total. The molecule has 1 aliphatic rings. The molecule has 162 valence electrons. The number of nitriles is 1. The first kappa shape index (κ1) is 21.2. The number of hydrogen-bond donors (Lipinski definition) is 0. The zero-order valence-electron chi connectivity index (χ0n) is 17.5. The van der Waals surface area contributed by atoms with Crippen LogP contribution in [0, 0.1) is 11.3 Å². The fourth-order valence-corrected chi connectivity index (χ4v) is 5.51. The van der Waals surface area contributed by atoms with Gasteiger partial charge in [-0.05, 0) is 24.3 Å². The van der Waals surface area contributed by atoms with Gasteiger partial charge in [0.25, 0.3) is 0 Å². The summed E-state index contributed by atoms with van der Waals surface area (Å²) in [6.07, 6.45) is 3.89. The highest BCUT2D eigenvalue weighted by Crippen LogP contribution is 2.31. The third-order valence-electron chi connectivity index (χ3n) is 5.59. The molecular formula is C22H24N4O4S. The number of ether oxygens (including phenoxy) is 2. The summed E-state index contributed by atoms with van der Waals surface area (Å²) < 4.78 is 40.4. The maximum absolute atomic E-state index is 13.2. The third-order valence-corrected chi connectivity index (χ3v) is 7.51. The van der Waals surface area contributed by atoms with Gasteiger partial charge in [0, 0.05) is 56.7 Å². The van der Waals surface area contributed by atoms with Gasteiger partial charge in [-0.3, -0.25) is 4.90 Å². The molecule has 0 spiro atoms. The van der Waals surface area contributed by atoms with Gasteiger partial charge in [0.1, 0.15) is 22.5 Å². The van der Waals surface area contributed by atoms with E-state index in [0.29, 0.717) is 49.8 Å². The number of piperazine rings is 1. The number of methoxy groups -OCH3 is 2. The van der Waals surface area contributed by atoms with E-state index in [1.807, 2.05) is 35.0 Å². The minimum Gasteiger partial charge on any atom is -0.497 e. The summed E-state index contributed by atoms with van der Waals surface area (Å²) in [4.78, 5) is 2.28. The molecule has 9 heteroatoms. The Morgan fingerprint density at radius 2 is 1.84 bits per heavy atom. The first-order valence-electron chi connectivity index (χ1n) is 9.91. The minimum atomic E-state index is -3.72. The molecule has 0 atom stereocenters. The van der Waals surface area contributed by atoms with E-state index in [4.69, 9.17) is 9.47 Å². The van der Waals surface area contributed by atoms with Crippen LogP contribution in [0.15, 0.2) is 53.7 Å². The molecule has 0 radical (unpaired) electrons. The lowest BCUT2D eigenvalue weighted by Crippen LogP contribution is -2.48. The Labute approximate surface area is 181 Å². The van der Waals surface area contributed by atoms with Crippen LogP contribution < -0.4 is 9.47 Å². The van der Waals surface area contributed by atoms with Crippen molar-refractivity contribution in [3.63, 3.8) is 0 Å². The highest BCUT2D eigenvalue weighted by Gasteiger charge is 2.31. The Morgan fingerprint density at radius 3 is 2.52 bits per heavy atom. The Kier molecular flexibility index (Phi) is 5.87. The second-order valence-corrected chi connectivity index (χ2v) is 9.24. The van der Waals surface area contributed by atoms with Crippen LogP contribution in [0.1, 0.15) is 11.1 Å². The highest BCUT2D eigenvalue weighted by atomic mass is 32.2. The Hall–Kier alpha value is -3.06. The van der Waals surface area contributed by atoms with Crippen molar-refractivity contribution in [3.8, 4) is 17.6 Å². The molecule has 3 aromatic rings. The van der Waals surface area contributed by atoms with E-state index in [1.54, 1.807) is 12.1 Å². The van der Waals surface area contributed by atoms with Crippen LogP contribution in [0.2, 0.25) is 0 Å². The summed E-state index contributed by atoms with van der Waals surface area (Å²) >= 11 is 0. The second kappa shape index (κ2) is 8.59. The minimum absolute atomic E-state index is 0.105. The summed E-state index contributed by atoms with van der Waals surface area (Å²) in [5.41, 5.74) is 2.49. The predicted octanol–water partition coefficient (Wildman–Crippen LogP) is 2.33. The molecule has 31 heavy (non-hydrogen) atoms. The Morgan fingerprint density at radius 1 is 1.06 bits per heavy atom. The van der Waals surface area contributed by atoms with Crippen molar-refractivity contribution < 1.29 is 17.9 Å². The standard InChI is InChI=1S/C22H24N4O4S/c1-29-18-6-7-21(30-2)22(13-18)31(27,28)26-11-9-24(10-12-26)15-17-16-25-8-4-3-5-20(25)19(17)14-23/h3-8,13,16H,9-12,15H2,1-2H3. The SMILES string of the molecule is COc1ccc(OC)c(S(=O)(=O)N2CCN(Cc3cn4ccccc4c3C#N)CC2)c1. The molecule has 0 amide bonds.